The van der Waals surface area contributed by atoms with Crippen molar-refractivity contribution in [1.29, 1.82) is 0 Å². The van der Waals surface area contributed by atoms with Gasteiger partial charge in [-0.15, -0.1) is 11.8 Å². The quantitative estimate of drug-likeness (QED) is 0.614. The fourth-order valence-corrected chi connectivity index (χ4v) is 2.50. The number of benzene rings is 1. The number of aromatic nitrogens is 1. The molecule has 0 radical (unpaired) electrons. The Morgan fingerprint density at radius 1 is 1.41 bits per heavy atom. The zero-order chi connectivity index (χ0) is 12.4. The van der Waals surface area contributed by atoms with Gasteiger partial charge in [0.2, 0.25) is 5.89 Å². The van der Waals surface area contributed by atoms with Crippen molar-refractivity contribution < 1.29 is 9.21 Å². The minimum Gasteiger partial charge on any atom is -0.444 e. The Morgan fingerprint density at radius 3 is 2.71 bits per heavy atom. The van der Waals surface area contributed by atoms with Gasteiger partial charge in [-0.05, 0) is 37.8 Å². The molecule has 0 saturated carbocycles. The molecule has 2 rings (SSSR count). The number of Topliss-reactive ketones (excluding diaryl/α,β-unsaturated/α-hetero) is 1. The first-order valence-electron chi connectivity index (χ1n) is 5.23. The zero-order valence-corrected chi connectivity index (χ0v) is 10.8. The lowest BCUT2D eigenvalue weighted by molar-refractivity contribution is 0.101. The lowest BCUT2D eigenvalue weighted by Gasteiger charge is -2.10. The summed E-state index contributed by atoms with van der Waals surface area (Å²) in [4.78, 5) is 16.8. The summed E-state index contributed by atoms with van der Waals surface area (Å²) < 4.78 is 5.34. The monoisotopic (exact) mass is 247 g/mol. The number of ketones is 1. The summed E-state index contributed by atoms with van der Waals surface area (Å²) >= 11 is 1.62. The molecule has 0 saturated heterocycles. The van der Waals surface area contributed by atoms with Crippen molar-refractivity contribution in [2.45, 2.75) is 18.7 Å². The molecule has 88 valence electrons. The van der Waals surface area contributed by atoms with Gasteiger partial charge in [-0.2, -0.15) is 0 Å². The van der Waals surface area contributed by atoms with Gasteiger partial charge in [-0.1, -0.05) is 0 Å². The van der Waals surface area contributed by atoms with Gasteiger partial charge in [0, 0.05) is 10.5 Å². The lowest BCUT2D eigenvalue weighted by atomic mass is 10.00. The summed E-state index contributed by atoms with van der Waals surface area (Å²) in [6.07, 6.45) is 5.15. The summed E-state index contributed by atoms with van der Waals surface area (Å²) in [6, 6.07) is 3.80. The van der Waals surface area contributed by atoms with Crippen LogP contribution in [-0.2, 0) is 0 Å². The van der Waals surface area contributed by atoms with Crippen molar-refractivity contribution in [1.82, 2.24) is 4.98 Å². The number of carbonyl (C=O) groups is 1. The van der Waals surface area contributed by atoms with E-state index in [1.165, 1.54) is 0 Å². The summed E-state index contributed by atoms with van der Waals surface area (Å²) in [7, 11) is 0. The molecule has 0 unspecified atom stereocenters. The number of oxazole rings is 1. The van der Waals surface area contributed by atoms with Gasteiger partial charge in [-0.3, -0.25) is 4.79 Å². The second-order valence-corrected chi connectivity index (χ2v) is 4.56. The first-order valence-corrected chi connectivity index (χ1v) is 6.46. The largest absolute Gasteiger partial charge is 0.444 e. The van der Waals surface area contributed by atoms with Gasteiger partial charge < -0.3 is 4.42 Å². The highest BCUT2D eigenvalue weighted by Crippen LogP contribution is 2.34. The molecule has 0 spiro atoms. The molecular formula is C13H13NO2S. The molecule has 0 fully saturated rings. The van der Waals surface area contributed by atoms with Crippen molar-refractivity contribution in [2.24, 2.45) is 0 Å². The van der Waals surface area contributed by atoms with Gasteiger partial charge >= 0.3 is 0 Å². The molecule has 0 N–H and O–H groups in total. The number of rotatable bonds is 3. The maximum atomic E-state index is 11.5. The van der Waals surface area contributed by atoms with Crippen LogP contribution in [0.1, 0.15) is 22.8 Å². The highest BCUT2D eigenvalue weighted by molar-refractivity contribution is 7.98. The maximum absolute atomic E-state index is 11.5. The van der Waals surface area contributed by atoms with E-state index in [9.17, 15) is 4.79 Å². The van der Waals surface area contributed by atoms with Crippen LogP contribution in [0, 0.1) is 6.92 Å². The molecule has 0 bridgehead atoms. The average molecular weight is 247 g/mol. The molecule has 1 aromatic carbocycles. The third kappa shape index (κ3) is 2.13. The van der Waals surface area contributed by atoms with E-state index in [2.05, 4.69) is 4.98 Å². The fraction of sp³-hybridized carbons (Fsp3) is 0.231. The Balaban J connectivity index is 2.70. The topological polar surface area (TPSA) is 43.1 Å². The Kier molecular flexibility index (Phi) is 3.33. The van der Waals surface area contributed by atoms with E-state index in [-0.39, 0.29) is 5.78 Å². The van der Waals surface area contributed by atoms with Gasteiger partial charge in [0.1, 0.15) is 6.26 Å². The Labute approximate surface area is 104 Å². The first-order chi connectivity index (χ1) is 8.15. The Morgan fingerprint density at radius 2 is 2.18 bits per heavy atom. The molecule has 1 aromatic heterocycles. The van der Waals surface area contributed by atoms with Crippen molar-refractivity contribution >= 4 is 17.5 Å². The minimum atomic E-state index is 0.0583. The molecule has 1 heterocycles. The van der Waals surface area contributed by atoms with Crippen molar-refractivity contribution in [3.05, 3.63) is 35.7 Å². The first kappa shape index (κ1) is 11.9. The predicted molar refractivity (Wildman–Crippen MR) is 68.5 cm³/mol. The average Bonchev–Trinajstić information content (AvgIpc) is 2.81. The van der Waals surface area contributed by atoms with E-state index in [1.807, 2.05) is 25.3 Å². The summed E-state index contributed by atoms with van der Waals surface area (Å²) in [5.41, 5.74) is 2.55. The Bertz CT molecular complexity index is 547. The zero-order valence-electron chi connectivity index (χ0n) is 9.98. The number of hydrogen-bond donors (Lipinski definition) is 0. The van der Waals surface area contributed by atoms with E-state index in [0.29, 0.717) is 5.89 Å². The van der Waals surface area contributed by atoms with Crippen LogP contribution in [0.2, 0.25) is 0 Å². The summed E-state index contributed by atoms with van der Waals surface area (Å²) in [5.74, 6) is 0.623. The highest BCUT2D eigenvalue weighted by atomic mass is 32.2. The molecule has 4 heteroatoms. The van der Waals surface area contributed by atoms with E-state index < -0.39 is 0 Å². The van der Waals surface area contributed by atoms with Gasteiger partial charge in [0.25, 0.3) is 0 Å². The fourth-order valence-electron chi connectivity index (χ4n) is 1.85. The molecule has 0 aliphatic heterocycles. The van der Waals surface area contributed by atoms with E-state index in [4.69, 9.17) is 4.42 Å². The maximum Gasteiger partial charge on any atom is 0.227 e. The van der Waals surface area contributed by atoms with Gasteiger partial charge in [0.05, 0.1) is 11.8 Å². The molecular weight excluding hydrogens is 234 g/mol. The van der Waals surface area contributed by atoms with Crippen LogP contribution < -0.4 is 0 Å². The van der Waals surface area contributed by atoms with Crippen LogP contribution in [-0.4, -0.2) is 17.0 Å². The van der Waals surface area contributed by atoms with Crippen molar-refractivity contribution in [2.75, 3.05) is 6.26 Å². The minimum absolute atomic E-state index is 0.0583. The molecule has 3 nitrogen and oxygen atoms in total. The van der Waals surface area contributed by atoms with Crippen LogP contribution in [0.15, 0.2) is 33.9 Å². The number of nitrogens with zero attached hydrogens (tertiary/aromatic N) is 1. The van der Waals surface area contributed by atoms with Crippen LogP contribution in [0.25, 0.3) is 11.5 Å². The molecule has 0 aliphatic rings. The summed E-state index contributed by atoms with van der Waals surface area (Å²) in [5, 5.41) is 0. The van der Waals surface area contributed by atoms with Crippen LogP contribution in [0.4, 0.5) is 0 Å². The normalized spacial score (nSPS) is 10.5. The summed E-state index contributed by atoms with van der Waals surface area (Å²) in [6.45, 7) is 3.50. The predicted octanol–water partition coefficient (Wildman–Crippen LogP) is 3.57. The van der Waals surface area contributed by atoms with E-state index in [1.54, 1.807) is 31.1 Å². The van der Waals surface area contributed by atoms with Gasteiger partial charge in [0.15, 0.2) is 5.78 Å². The SMILES string of the molecule is CSc1ccc(C(C)=O)c(C)c1-c1ncco1. The van der Waals surface area contributed by atoms with Crippen LogP contribution in [0.5, 0.6) is 0 Å². The third-order valence-electron chi connectivity index (χ3n) is 2.67. The van der Waals surface area contributed by atoms with Crippen molar-refractivity contribution in [3.8, 4) is 11.5 Å². The standard InChI is InChI=1S/C13H13NO2S/c1-8-10(9(2)15)4-5-11(17-3)12(8)13-14-6-7-16-13/h4-7H,1-3H3. The number of thioether (sulfide) groups is 1. The Hall–Kier alpha value is -1.55. The van der Waals surface area contributed by atoms with E-state index in [0.717, 1.165) is 21.6 Å². The van der Waals surface area contributed by atoms with E-state index >= 15 is 0 Å². The van der Waals surface area contributed by atoms with Crippen LogP contribution in [0.3, 0.4) is 0 Å². The molecule has 0 amide bonds. The number of hydrogen-bond acceptors (Lipinski definition) is 4. The lowest BCUT2D eigenvalue weighted by Crippen LogP contribution is -1.99. The molecule has 0 aliphatic carbocycles. The number of carbonyl (C=O) groups excluding carboxylic acids is 1. The third-order valence-corrected chi connectivity index (χ3v) is 3.45. The van der Waals surface area contributed by atoms with Crippen LogP contribution >= 0.6 is 11.8 Å². The smallest absolute Gasteiger partial charge is 0.227 e. The molecule has 17 heavy (non-hydrogen) atoms. The van der Waals surface area contributed by atoms with Gasteiger partial charge in [-0.25, -0.2) is 4.98 Å². The second kappa shape index (κ2) is 4.75. The van der Waals surface area contributed by atoms with Crippen molar-refractivity contribution in [3.63, 3.8) is 0 Å². The molecule has 2 aromatic rings. The second-order valence-electron chi connectivity index (χ2n) is 3.71. The highest BCUT2D eigenvalue weighted by Gasteiger charge is 2.16. The molecule has 0 atom stereocenters.